The van der Waals surface area contributed by atoms with Crippen molar-refractivity contribution in [3.63, 3.8) is 0 Å². The summed E-state index contributed by atoms with van der Waals surface area (Å²) in [5.74, 6) is -1.98. The summed E-state index contributed by atoms with van der Waals surface area (Å²) >= 11 is 0. The lowest BCUT2D eigenvalue weighted by atomic mass is 10.0. The lowest BCUT2D eigenvalue weighted by molar-refractivity contribution is -0.136. The molecule has 9 heteroatoms. The van der Waals surface area contributed by atoms with Crippen LogP contribution in [0.2, 0.25) is 0 Å². The third kappa shape index (κ3) is 3.75. The van der Waals surface area contributed by atoms with E-state index < -0.39 is 23.8 Å². The molecule has 0 radical (unpaired) electrons. The second-order valence-electron chi connectivity index (χ2n) is 7.62. The molecule has 0 saturated carbocycles. The van der Waals surface area contributed by atoms with E-state index in [0.29, 0.717) is 12.6 Å². The van der Waals surface area contributed by atoms with Crippen LogP contribution in [0.25, 0.3) is 0 Å². The second-order valence-corrected chi connectivity index (χ2v) is 7.62. The Bertz CT molecular complexity index is 870. The van der Waals surface area contributed by atoms with Gasteiger partial charge in [0.15, 0.2) is 0 Å². The van der Waals surface area contributed by atoms with E-state index in [4.69, 9.17) is 4.74 Å². The first-order valence-electron chi connectivity index (χ1n) is 9.83. The van der Waals surface area contributed by atoms with E-state index in [0.717, 1.165) is 30.0 Å². The molecule has 0 spiro atoms. The highest BCUT2D eigenvalue weighted by Crippen LogP contribution is 2.29. The smallest absolute Gasteiger partial charge is 0.262 e. The van der Waals surface area contributed by atoms with Crippen molar-refractivity contribution in [3.8, 4) is 0 Å². The van der Waals surface area contributed by atoms with Gasteiger partial charge in [-0.25, -0.2) is 0 Å². The van der Waals surface area contributed by atoms with Gasteiger partial charge in [0.1, 0.15) is 6.04 Å². The van der Waals surface area contributed by atoms with E-state index in [1.165, 1.54) is 0 Å². The molecule has 0 aromatic heterocycles. The SMILES string of the molecule is CO[C@@H]1CN[C@H](CCNc2ccc3c(c2)C(=O)N(C2CCC(=O)NC2=O)C3=O)C1. The van der Waals surface area contributed by atoms with Crippen molar-refractivity contribution < 1.29 is 23.9 Å². The Kier molecular flexibility index (Phi) is 5.33. The summed E-state index contributed by atoms with van der Waals surface area (Å²) in [4.78, 5) is 50.0. The number of fused-ring (bicyclic) bond motifs is 1. The number of rotatable bonds is 6. The largest absolute Gasteiger partial charge is 0.385 e. The molecule has 9 nitrogen and oxygen atoms in total. The predicted octanol–water partition coefficient (Wildman–Crippen LogP) is 0.267. The van der Waals surface area contributed by atoms with Gasteiger partial charge in [-0.1, -0.05) is 0 Å². The number of hydrogen-bond acceptors (Lipinski definition) is 7. The number of methoxy groups -OCH3 is 1. The molecule has 3 N–H and O–H groups in total. The minimum atomic E-state index is -0.946. The predicted molar refractivity (Wildman–Crippen MR) is 103 cm³/mol. The maximum Gasteiger partial charge on any atom is 0.262 e. The molecule has 3 aliphatic heterocycles. The number of imide groups is 2. The maximum absolute atomic E-state index is 12.8. The van der Waals surface area contributed by atoms with Crippen molar-refractivity contribution in [1.82, 2.24) is 15.5 Å². The van der Waals surface area contributed by atoms with Crippen LogP contribution < -0.4 is 16.0 Å². The molecule has 1 unspecified atom stereocenters. The van der Waals surface area contributed by atoms with Gasteiger partial charge in [-0.05, 0) is 37.5 Å². The molecule has 3 atom stereocenters. The molecule has 3 heterocycles. The summed E-state index contributed by atoms with van der Waals surface area (Å²) < 4.78 is 5.35. The van der Waals surface area contributed by atoms with Gasteiger partial charge in [0.2, 0.25) is 11.8 Å². The van der Waals surface area contributed by atoms with Gasteiger partial charge in [-0.15, -0.1) is 0 Å². The molecule has 3 aliphatic rings. The number of nitrogens with zero attached hydrogens (tertiary/aromatic N) is 1. The average molecular weight is 400 g/mol. The van der Waals surface area contributed by atoms with E-state index in [1.54, 1.807) is 25.3 Å². The van der Waals surface area contributed by atoms with Crippen molar-refractivity contribution in [2.45, 2.75) is 43.9 Å². The number of nitrogens with one attached hydrogen (secondary N) is 3. The molecule has 0 aliphatic carbocycles. The zero-order chi connectivity index (χ0) is 20.5. The van der Waals surface area contributed by atoms with E-state index in [1.807, 2.05) is 0 Å². The zero-order valence-electron chi connectivity index (χ0n) is 16.2. The van der Waals surface area contributed by atoms with Crippen LogP contribution in [-0.4, -0.2) is 66.9 Å². The first-order valence-corrected chi connectivity index (χ1v) is 9.83. The summed E-state index contributed by atoms with van der Waals surface area (Å²) in [5, 5.41) is 8.90. The Labute approximate surface area is 168 Å². The van der Waals surface area contributed by atoms with Crippen molar-refractivity contribution in [2.75, 3.05) is 25.5 Å². The molecule has 2 fully saturated rings. The highest BCUT2D eigenvalue weighted by Gasteiger charge is 2.44. The number of hydrogen-bond donors (Lipinski definition) is 3. The van der Waals surface area contributed by atoms with Crippen molar-refractivity contribution in [1.29, 1.82) is 0 Å². The standard InChI is InChI=1S/C20H24N4O5/c1-29-13-8-12(22-10-13)6-7-21-11-2-3-14-15(9-11)20(28)24(19(14)27)16-4-5-17(25)23-18(16)26/h2-3,9,12-13,16,21-22H,4-8,10H2,1H3,(H,23,25,26)/t12-,13+,16?/m1/s1. The molecule has 154 valence electrons. The quantitative estimate of drug-likeness (QED) is 0.587. The van der Waals surface area contributed by atoms with Gasteiger partial charge < -0.3 is 15.4 Å². The van der Waals surface area contributed by atoms with Crippen molar-refractivity contribution in [3.05, 3.63) is 29.3 Å². The Morgan fingerprint density at radius 1 is 1.17 bits per heavy atom. The van der Waals surface area contributed by atoms with E-state index in [2.05, 4.69) is 16.0 Å². The monoisotopic (exact) mass is 400 g/mol. The number of carbonyl (C=O) groups is 4. The molecule has 29 heavy (non-hydrogen) atoms. The summed E-state index contributed by atoms with van der Waals surface area (Å²) in [6.45, 7) is 1.57. The van der Waals surface area contributed by atoms with Gasteiger partial charge in [-0.2, -0.15) is 0 Å². The van der Waals surface area contributed by atoms with Crippen molar-refractivity contribution in [2.24, 2.45) is 0 Å². The lowest BCUT2D eigenvalue weighted by Crippen LogP contribution is -2.54. The zero-order valence-corrected chi connectivity index (χ0v) is 16.2. The van der Waals surface area contributed by atoms with Crippen LogP contribution in [0, 0.1) is 0 Å². The third-order valence-corrected chi connectivity index (χ3v) is 5.78. The molecule has 4 rings (SSSR count). The van der Waals surface area contributed by atoms with Gasteiger partial charge in [0.05, 0.1) is 17.2 Å². The van der Waals surface area contributed by atoms with Crippen LogP contribution in [0.4, 0.5) is 5.69 Å². The Morgan fingerprint density at radius 2 is 1.97 bits per heavy atom. The molecule has 4 amide bonds. The Balaban J connectivity index is 1.40. The number of carbonyl (C=O) groups excluding carboxylic acids is 4. The fourth-order valence-corrected chi connectivity index (χ4v) is 4.15. The summed E-state index contributed by atoms with van der Waals surface area (Å²) in [5.41, 5.74) is 1.31. The summed E-state index contributed by atoms with van der Waals surface area (Å²) in [7, 11) is 1.72. The Morgan fingerprint density at radius 3 is 2.69 bits per heavy atom. The number of anilines is 1. The van der Waals surface area contributed by atoms with Crippen LogP contribution in [0.5, 0.6) is 0 Å². The fourth-order valence-electron chi connectivity index (χ4n) is 4.15. The normalized spacial score (nSPS) is 26.7. The minimum Gasteiger partial charge on any atom is -0.385 e. The maximum atomic E-state index is 12.8. The van der Waals surface area contributed by atoms with Crippen LogP contribution in [-0.2, 0) is 14.3 Å². The first kappa shape index (κ1) is 19.5. The van der Waals surface area contributed by atoms with Gasteiger partial charge in [-0.3, -0.25) is 29.4 Å². The van der Waals surface area contributed by atoms with E-state index >= 15 is 0 Å². The van der Waals surface area contributed by atoms with Gasteiger partial charge in [0.25, 0.3) is 11.8 Å². The summed E-state index contributed by atoms with van der Waals surface area (Å²) in [6, 6.07) is 4.46. The van der Waals surface area contributed by atoms with E-state index in [9.17, 15) is 19.2 Å². The molecule has 2 saturated heterocycles. The first-order chi connectivity index (χ1) is 14.0. The number of benzene rings is 1. The van der Waals surface area contributed by atoms with Crippen LogP contribution in [0.3, 0.4) is 0 Å². The molecular weight excluding hydrogens is 376 g/mol. The number of amides is 4. The van der Waals surface area contributed by atoms with Gasteiger partial charge in [0, 0.05) is 38.3 Å². The minimum absolute atomic E-state index is 0.107. The second kappa shape index (κ2) is 7.92. The third-order valence-electron chi connectivity index (χ3n) is 5.78. The average Bonchev–Trinajstić information content (AvgIpc) is 3.26. The van der Waals surface area contributed by atoms with Gasteiger partial charge >= 0.3 is 0 Å². The highest BCUT2D eigenvalue weighted by molar-refractivity contribution is 6.23. The topological polar surface area (TPSA) is 117 Å². The fraction of sp³-hybridized carbons (Fsp3) is 0.500. The van der Waals surface area contributed by atoms with E-state index in [-0.39, 0.29) is 36.0 Å². The molecular formula is C20H24N4O5. The van der Waals surface area contributed by atoms with Crippen LogP contribution in [0.1, 0.15) is 46.4 Å². The number of piperidine rings is 1. The number of ether oxygens (including phenoxy) is 1. The molecule has 0 bridgehead atoms. The lowest BCUT2D eigenvalue weighted by Gasteiger charge is -2.27. The summed E-state index contributed by atoms with van der Waals surface area (Å²) in [6.07, 6.45) is 2.39. The highest BCUT2D eigenvalue weighted by atomic mass is 16.5. The molecule has 1 aromatic rings. The Hall–Kier alpha value is -2.78. The van der Waals surface area contributed by atoms with Crippen molar-refractivity contribution >= 4 is 29.3 Å². The molecule has 1 aromatic carbocycles. The van der Waals surface area contributed by atoms with Crippen LogP contribution >= 0.6 is 0 Å². The van der Waals surface area contributed by atoms with Crippen LogP contribution in [0.15, 0.2) is 18.2 Å².